The molecule has 0 aliphatic carbocycles. The number of pyridine rings is 1. The average molecular weight is 298 g/mol. The minimum absolute atomic E-state index is 0.801. The average Bonchev–Trinajstić information content (AvgIpc) is 2.74. The van der Waals surface area contributed by atoms with Gasteiger partial charge in [0.2, 0.25) is 0 Å². The molecule has 0 aliphatic heterocycles. The minimum Gasteiger partial charge on any atom is -0.379 e. The summed E-state index contributed by atoms with van der Waals surface area (Å²) in [5.74, 6) is 0. The highest BCUT2D eigenvalue weighted by Gasteiger charge is 2.00. The minimum atomic E-state index is 0.801. The Morgan fingerprint density at radius 2 is 2.25 bits per heavy atom. The first-order valence-corrected chi connectivity index (χ1v) is 6.67. The van der Waals surface area contributed by atoms with Gasteiger partial charge in [-0.25, -0.2) is 4.98 Å². The standard InChI is InChI=1S/C11H12BrN3S/c1-2-11-15-7-10(16-11)6-14-9-3-8(12)4-13-5-9/h3-5,7,14H,2,6H2,1H3. The fourth-order valence-electron chi connectivity index (χ4n) is 1.29. The van der Waals surface area contributed by atoms with Crippen molar-refractivity contribution in [3.05, 3.63) is 39.0 Å². The summed E-state index contributed by atoms with van der Waals surface area (Å²) in [6, 6.07) is 2.01. The van der Waals surface area contributed by atoms with Crippen LogP contribution >= 0.6 is 27.3 Å². The lowest BCUT2D eigenvalue weighted by molar-refractivity contribution is 1.09. The van der Waals surface area contributed by atoms with Crippen LogP contribution in [0.25, 0.3) is 0 Å². The fraction of sp³-hybridized carbons (Fsp3) is 0.273. The number of hydrogen-bond donors (Lipinski definition) is 1. The Morgan fingerprint density at radius 1 is 1.38 bits per heavy atom. The lowest BCUT2D eigenvalue weighted by atomic mass is 10.4. The van der Waals surface area contributed by atoms with E-state index in [1.165, 1.54) is 9.88 Å². The Labute approximate surface area is 107 Å². The van der Waals surface area contributed by atoms with Crippen LogP contribution in [0.3, 0.4) is 0 Å². The number of nitrogens with zero attached hydrogens (tertiary/aromatic N) is 2. The molecule has 2 heterocycles. The quantitative estimate of drug-likeness (QED) is 0.939. The number of halogens is 1. The lowest BCUT2D eigenvalue weighted by Gasteiger charge is -2.03. The van der Waals surface area contributed by atoms with E-state index in [0.29, 0.717) is 0 Å². The molecule has 1 N–H and O–H groups in total. The van der Waals surface area contributed by atoms with Crippen LogP contribution in [0.5, 0.6) is 0 Å². The number of thiazole rings is 1. The van der Waals surface area contributed by atoms with Crippen molar-refractivity contribution in [3.63, 3.8) is 0 Å². The first-order valence-electron chi connectivity index (χ1n) is 5.06. The third-order valence-electron chi connectivity index (χ3n) is 2.08. The fourth-order valence-corrected chi connectivity index (χ4v) is 2.46. The van der Waals surface area contributed by atoms with Gasteiger partial charge in [0.1, 0.15) is 0 Å². The number of rotatable bonds is 4. The summed E-state index contributed by atoms with van der Waals surface area (Å²) in [4.78, 5) is 9.66. The third kappa shape index (κ3) is 3.02. The molecular weight excluding hydrogens is 286 g/mol. The van der Waals surface area contributed by atoms with E-state index >= 15 is 0 Å². The van der Waals surface area contributed by atoms with Crippen molar-refractivity contribution in [2.75, 3.05) is 5.32 Å². The van der Waals surface area contributed by atoms with E-state index < -0.39 is 0 Å². The monoisotopic (exact) mass is 297 g/mol. The van der Waals surface area contributed by atoms with Gasteiger partial charge in [-0.05, 0) is 28.4 Å². The van der Waals surface area contributed by atoms with Gasteiger partial charge in [-0.15, -0.1) is 11.3 Å². The SMILES string of the molecule is CCc1ncc(CNc2cncc(Br)c2)s1. The van der Waals surface area contributed by atoms with Crippen molar-refractivity contribution < 1.29 is 0 Å². The van der Waals surface area contributed by atoms with Gasteiger partial charge in [0.25, 0.3) is 0 Å². The highest BCUT2D eigenvalue weighted by atomic mass is 79.9. The predicted molar refractivity (Wildman–Crippen MR) is 70.8 cm³/mol. The van der Waals surface area contributed by atoms with Crippen LogP contribution in [0, 0.1) is 0 Å². The Kier molecular flexibility index (Phi) is 3.90. The molecule has 2 aromatic rings. The molecule has 5 heteroatoms. The van der Waals surface area contributed by atoms with Crippen LogP contribution in [0.2, 0.25) is 0 Å². The van der Waals surface area contributed by atoms with Crippen LogP contribution in [-0.4, -0.2) is 9.97 Å². The molecule has 0 radical (unpaired) electrons. The number of hydrogen-bond acceptors (Lipinski definition) is 4. The Balaban J connectivity index is 1.96. The summed E-state index contributed by atoms with van der Waals surface area (Å²) >= 11 is 5.14. The zero-order chi connectivity index (χ0) is 11.4. The van der Waals surface area contributed by atoms with Gasteiger partial charge in [0, 0.05) is 21.7 Å². The summed E-state index contributed by atoms with van der Waals surface area (Å²) in [7, 11) is 0. The molecule has 0 spiro atoms. The molecule has 2 rings (SSSR count). The van der Waals surface area contributed by atoms with Gasteiger partial charge in [0.15, 0.2) is 0 Å². The van der Waals surface area contributed by atoms with E-state index in [4.69, 9.17) is 0 Å². The van der Waals surface area contributed by atoms with Gasteiger partial charge in [0.05, 0.1) is 23.4 Å². The second-order valence-corrected chi connectivity index (χ2v) is 5.43. The highest BCUT2D eigenvalue weighted by molar-refractivity contribution is 9.10. The third-order valence-corrected chi connectivity index (χ3v) is 3.65. The van der Waals surface area contributed by atoms with Crippen LogP contribution in [-0.2, 0) is 13.0 Å². The second-order valence-electron chi connectivity index (χ2n) is 3.32. The van der Waals surface area contributed by atoms with Crippen molar-refractivity contribution in [1.29, 1.82) is 0 Å². The highest BCUT2D eigenvalue weighted by Crippen LogP contribution is 2.17. The van der Waals surface area contributed by atoms with Gasteiger partial charge in [-0.2, -0.15) is 0 Å². The van der Waals surface area contributed by atoms with Crippen molar-refractivity contribution >= 4 is 33.0 Å². The van der Waals surface area contributed by atoms with E-state index in [9.17, 15) is 0 Å². The number of nitrogens with one attached hydrogen (secondary N) is 1. The molecule has 0 bridgehead atoms. The number of aromatic nitrogens is 2. The number of aryl methyl sites for hydroxylation is 1. The molecular formula is C11H12BrN3S. The number of anilines is 1. The van der Waals surface area contributed by atoms with E-state index in [1.54, 1.807) is 17.5 Å². The Bertz CT molecular complexity index is 470. The van der Waals surface area contributed by atoms with Gasteiger partial charge >= 0.3 is 0 Å². The van der Waals surface area contributed by atoms with Crippen molar-refractivity contribution in [1.82, 2.24) is 9.97 Å². The summed E-state index contributed by atoms with van der Waals surface area (Å²) < 4.78 is 0.982. The smallest absolute Gasteiger partial charge is 0.0925 e. The summed E-state index contributed by atoms with van der Waals surface area (Å²) in [6.07, 6.45) is 6.52. The maximum absolute atomic E-state index is 4.32. The van der Waals surface area contributed by atoms with Crippen LogP contribution in [0.4, 0.5) is 5.69 Å². The van der Waals surface area contributed by atoms with Gasteiger partial charge in [-0.1, -0.05) is 6.92 Å². The molecule has 0 aliphatic rings. The van der Waals surface area contributed by atoms with E-state index in [2.05, 4.69) is 38.1 Å². The topological polar surface area (TPSA) is 37.8 Å². The first kappa shape index (κ1) is 11.5. The molecule has 3 nitrogen and oxygen atoms in total. The maximum atomic E-state index is 4.32. The van der Waals surface area contributed by atoms with Crippen LogP contribution < -0.4 is 5.32 Å². The molecule has 0 saturated heterocycles. The molecule has 0 amide bonds. The molecule has 2 aromatic heterocycles. The van der Waals surface area contributed by atoms with Gasteiger partial charge < -0.3 is 5.32 Å². The molecule has 0 aromatic carbocycles. The molecule has 0 fully saturated rings. The first-order chi connectivity index (χ1) is 7.78. The summed E-state index contributed by atoms with van der Waals surface area (Å²) in [6.45, 7) is 2.92. The molecule has 16 heavy (non-hydrogen) atoms. The van der Waals surface area contributed by atoms with E-state index in [0.717, 1.165) is 23.1 Å². The Hall–Kier alpha value is -0.940. The molecule has 0 atom stereocenters. The van der Waals surface area contributed by atoms with E-state index in [-0.39, 0.29) is 0 Å². The van der Waals surface area contributed by atoms with Crippen LogP contribution in [0.1, 0.15) is 16.8 Å². The molecule has 84 valence electrons. The summed E-state index contributed by atoms with van der Waals surface area (Å²) in [5, 5.41) is 4.50. The van der Waals surface area contributed by atoms with E-state index in [1.807, 2.05) is 18.5 Å². The van der Waals surface area contributed by atoms with Crippen molar-refractivity contribution in [2.24, 2.45) is 0 Å². The maximum Gasteiger partial charge on any atom is 0.0925 e. The van der Waals surface area contributed by atoms with Crippen molar-refractivity contribution in [3.8, 4) is 0 Å². The predicted octanol–water partition coefficient (Wildman–Crippen LogP) is 3.48. The van der Waals surface area contributed by atoms with Crippen molar-refractivity contribution in [2.45, 2.75) is 19.9 Å². The largest absolute Gasteiger partial charge is 0.379 e. The molecule has 0 unspecified atom stereocenters. The summed E-state index contributed by atoms with van der Waals surface area (Å²) in [5.41, 5.74) is 1.01. The normalized spacial score (nSPS) is 10.4. The lowest BCUT2D eigenvalue weighted by Crippen LogP contribution is -1.97. The second kappa shape index (κ2) is 5.41. The Morgan fingerprint density at radius 3 is 2.94 bits per heavy atom. The van der Waals surface area contributed by atoms with Gasteiger partial charge in [-0.3, -0.25) is 4.98 Å². The zero-order valence-electron chi connectivity index (χ0n) is 8.90. The van der Waals surface area contributed by atoms with Crippen LogP contribution in [0.15, 0.2) is 29.1 Å². The molecule has 0 saturated carbocycles. The zero-order valence-corrected chi connectivity index (χ0v) is 11.3.